The van der Waals surface area contributed by atoms with E-state index in [4.69, 9.17) is 28.4 Å². The van der Waals surface area contributed by atoms with Crippen LogP contribution in [0.25, 0.3) is 0 Å². The Bertz CT molecular complexity index is 906. The predicted octanol–water partition coefficient (Wildman–Crippen LogP) is 3.85. The summed E-state index contributed by atoms with van der Waals surface area (Å²) in [7, 11) is 5.73. The molecule has 2 aromatic carbocycles. The molecule has 0 N–H and O–H groups in total. The average molecular weight is 430 g/mol. The lowest BCUT2D eigenvalue weighted by atomic mass is 10.2. The second-order valence-electron chi connectivity index (χ2n) is 6.37. The summed E-state index contributed by atoms with van der Waals surface area (Å²) < 4.78 is 33.5. The van der Waals surface area contributed by atoms with E-state index in [2.05, 4.69) is 9.98 Å². The van der Waals surface area contributed by atoms with Gasteiger partial charge >= 0.3 is 0 Å². The predicted molar refractivity (Wildman–Crippen MR) is 110 cm³/mol. The molecule has 0 amide bonds. The largest absolute Gasteiger partial charge is 0.493 e. The second kappa shape index (κ2) is 10.2. The van der Waals surface area contributed by atoms with E-state index in [-0.39, 0.29) is 45.9 Å². The topological polar surface area (TPSA) is 114 Å². The van der Waals surface area contributed by atoms with Gasteiger partial charge in [0.1, 0.15) is 0 Å². The Morgan fingerprint density at radius 1 is 0.645 bits per heavy atom. The van der Waals surface area contributed by atoms with Crippen LogP contribution in [0.15, 0.2) is 34.3 Å². The molecule has 0 saturated heterocycles. The second-order valence-corrected chi connectivity index (χ2v) is 6.37. The minimum atomic E-state index is -1.29. The van der Waals surface area contributed by atoms with Crippen molar-refractivity contribution in [3.63, 3.8) is 0 Å². The molecule has 31 heavy (non-hydrogen) atoms. The Morgan fingerprint density at radius 3 is 1.16 bits per heavy atom. The van der Waals surface area contributed by atoms with Gasteiger partial charge in [0.05, 0.1) is 39.8 Å². The van der Waals surface area contributed by atoms with Gasteiger partial charge in [0.15, 0.2) is 23.0 Å². The lowest BCUT2D eigenvalue weighted by Gasteiger charge is -2.30. The number of nitrogens with zero attached hydrogens (tertiary/aromatic N) is 2. The third-order valence-corrected chi connectivity index (χ3v) is 3.94. The summed E-state index contributed by atoms with van der Waals surface area (Å²) >= 11 is 0. The summed E-state index contributed by atoms with van der Waals surface area (Å²) in [6, 6.07) is 5.97. The molecule has 0 bridgehead atoms. The summed E-state index contributed by atoms with van der Waals surface area (Å²) in [6.45, 7) is 3.31. The SMILES string of the molecule is COc1cc(N=C=O)cc(OC)c1OC(C)(C)Oc1c(OC)cc(N=C=O)cc1OC. The Kier molecular flexibility index (Phi) is 7.63. The maximum absolute atomic E-state index is 10.6. The number of rotatable bonds is 10. The van der Waals surface area contributed by atoms with Gasteiger partial charge in [0, 0.05) is 38.1 Å². The molecule has 0 spiro atoms. The zero-order chi connectivity index (χ0) is 23.0. The van der Waals surface area contributed by atoms with Crippen molar-refractivity contribution in [1.82, 2.24) is 0 Å². The molecule has 0 heterocycles. The number of benzene rings is 2. The standard InChI is InChI=1S/C21H22N2O8/c1-21(2,30-19-15(26-3)7-13(22-11-24)8-16(19)27-4)31-20-17(28-5)9-14(23-12-25)10-18(20)29-6/h7-10H,1-6H3. The Morgan fingerprint density at radius 2 is 0.935 bits per heavy atom. The van der Waals surface area contributed by atoms with Crippen molar-refractivity contribution in [2.75, 3.05) is 28.4 Å². The normalized spacial score (nSPS) is 10.3. The van der Waals surface area contributed by atoms with E-state index in [0.717, 1.165) is 0 Å². The fourth-order valence-electron chi connectivity index (χ4n) is 2.68. The van der Waals surface area contributed by atoms with E-state index in [1.54, 1.807) is 13.8 Å². The van der Waals surface area contributed by atoms with Gasteiger partial charge in [0.2, 0.25) is 29.4 Å². The van der Waals surface area contributed by atoms with Crippen molar-refractivity contribution >= 4 is 23.5 Å². The highest BCUT2D eigenvalue weighted by atomic mass is 16.7. The lowest BCUT2D eigenvalue weighted by Crippen LogP contribution is -2.35. The molecule has 0 radical (unpaired) electrons. The first-order valence-electron chi connectivity index (χ1n) is 8.88. The maximum Gasteiger partial charge on any atom is 0.246 e. The fraction of sp³-hybridized carbons (Fsp3) is 0.333. The minimum absolute atomic E-state index is 0.222. The van der Waals surface area contributed by atoms with E-state index < -0.39 is 5.79 Å². The molecule has 0 aromatic heterocycles. The van der Waals surface area contributed by atoms with Gasteiger partial charge in [-0.2, -0.15) is 9.98 Å². The molecule has 0 atom stereocenters. The van der Waals surface area contributed by atoms with Crippen molar-refractivity contribution in [2.45, 2.75) is 19.6 Å². The van der Waals surface area contributed by atoms with Crippen LogP contribution >= 0.6 is 0 Å². The summed E-state index contributed by atoms with van der Waals surface area (Å²) in [5, 5.41) is 0. The first-order valence-corrected chi connectivity index (χ1v) is 8.88. The Balaban J connectivity index is 2.49. The van der Waals surface area contributed by atoms with Gasteiger partial charge in [0.25, 0.3) is 0 Å². The monoisotopic (exact) mass is 430 g/mol. The smallest absolute Gasteiger partial charge is 0.246 e. The number of carbonyl (C=O) groups excluding carboxylic acids is 2. The zero-order valence-corrected chi connectivity index (χ0v) is 18.0. The maximum atomic E-state index is 10.6. The van der Waals surface area contributed by atoms with Crippen molar-refractivity contribution < 1.29 is 38.0 Å². The van der Waals surface area contributed by atoms with Crippen LogP contribution < -0.4 is 28.4 Å². The number of ether oxygens (including phenoxy) is 6. The van der Waals surface area contributed by atoms with E-state index in [1.807, 2.05) is 0 Å². The van der Waals surface area contributed by atoms with Gasteiger partial charge in [-0.1, -0.05) is 0 Å². The van der Waals surface area contributed by atoms with Crippen LogP contribution in [0.1, 0.15) is 13.8 Å². The fourth-order valence-corrected chi connectivity index (χ4v) is 2.68. The van der Waals surface area contributed by atoms with Crippen molar-refractivity contribution in [2.24, 2.45) is 9.98 Å². The highest BCUT2D eigenvalue weighted by molar-refractivity contribution is 5.64. The first-order chi connectivity index (χ1) is 14.8. The molecule has 2 rings (SSSR count). The number of aliphatic imine (C=N–C) groups is 2. The number of isocyanates is 2. The summed E-state index contributed by atoms with van der Waals surface area (Å²) in [4.78, 5) is 28.4. The van der Waals surface area contributed by atoms with Crippen LogP contribution in [-0.2, 0) is 9.59 Å². The van der Waals surface area contributed by atoms with E-state index in [9.17, 15) is 9.59 Å². The first kappa shape index (κ1) is 23.3. The Labute approximate surface area is 179 Å². The van der Waals surface area contributed by atoms with Crippen LogP contribution in [0.2, 0.25) is 0 Å². The number of hydrogen-bond donors (Lipinski definition) is 0. The molecule has 0 aliphatic rings. The summed E-state index contributed by atoms with van der Waals surface area (Å²) in [5.41, 5.74) is 0.564. The van der Waals surface area contributed by atoms with Crippen molar-refractivity contribution in [1.29, 1.82) is 0 Å². The Hall–Kier alpha value is -4.00. The zero-order valence-electron chi connectivity index (χ0n) is 18.0. The van der Waals surface area contributed by atoms with Crippen LogP contribution in [0.4, 0.5) is 11.4 Å². The quantitative estimate of drug-likeness (QED) is 0.317. The third kappa shape index (κ3) is 5.54. The highest BCUT2D eigenvalue weighted by Gasteiger charge is 2.30. The molecule has 0 aliphatic carbocycles. The van der Waals surface area contributed by atoms with Gasteiger partial charge in [-0.3, -0.25) is 0 Å². The molecule has 0 saturated carbocycles. The summed E-state index contributed by atoms with van der Waals surface area (Å²) in [5.74, 6) is 0.213. The average Bonchev–Trinajstić information content (AvgIpc) is 2.75. The van der Waals surface area contributed by atoms with Gasteiger partial charge < -0.3 is 28.4 Å². The number of methoxy groups -OCH3 is 4. The number of hydrogen-bond acceptors (Lipinski definition) is 10. The van der Waals surface area contributed by atoms with Crippen LogP contribution in [0.3, 0.4) is 0 Å². The van der Waals surface area contributed by atoms with Crippen molar-refractivity contribution in [3.8, 4) is 34.5 Å². The summed E-state index contributed by atoms with van der Waals surface area (Å²) in [6.07, 6.45) is 2.93. The van der Waals surface area contributed by atoms with Crippen LogP contribution in [0.5, 0.6) is 34.5 Å². The molecular weight excluding hydrogens is 408 g/mol. The van der Waals surface area contributed by atoms with Gasteiger partial charge in [-0.15, -0.1) is 0 Å². The van der Waals surface area contributed by atoms with Gasteiger partial charge in [-0.25, -0.2) is 9.59 Å². The van der Waals surface area contributed by atoms with Gasteiger partial charge in [-0.05, 0) is 0 Å². The molecule has 2 aromatic rings. The molecule has 10 heteroatoms. The van der Waals surface area contributed by atoms with E-state index in [1.165, 1.54) is 64.9 Å². The van der Waals surface area contributed by atoms with Crippen LogP contribution in [-0.4, -0.2) is 46.4 Å². The molecule has 10 nitrogen and oxygen atoms in total. The van der Waals surface area contributed by atoms with E-state index in [0.29, 0.717) is 0 Å². The molecular formula is C21H22N2O8. The third-order valence-electron chi connectivity index (χ3n) is 3.94. The molecule has 0 unspecified atom stereocenters. The molecule has 0 fully saturated rings. The van der Waals surface area contributed by atoms with Crippen molar-refractivity contribution in [3.05, 3.63) is 24.3 Å². The van der Waals surface area contributed by atoms with E-state index >= 15 is 0 Å². The molecule has 164 valence electrons. The molecule has 0 aliphatic heterocycles. The minimum Gasteiger partial charge on any atom is -0.493 e. The lowest BCUT2D eigenvalue weighted by molar-refractivity contribution is -0.0855. The van der Waals surface area contributed by atoms with Crippen LogP contribution in [0, 0.1) is 0 Å². The highest BCUT2D eigenvalue weighted by Crippen LogP contribution is 2.46.